The summed E-state index contributed by atoms with van der Waals surface area (Å²) in [7, 11) is 0. The molecule has 0 spiro atoms. The molecular formula is C20H24N2O3. The van der Waals surface area contributed by atoms with Gasteiger partial charge in [0.2, 0.25) is 11.8 Å². The number of amides is 2. The van der Waals surface area contributed by atoms with Gasteiger partial charge in [0.25, 0.3) is 0 Å². The Morgan fingerprint density at radius 1 is 1.16 bits per heavy atom. The number of carbonyl (C=O) groups excluding carboxylic acids is 2. The lowest BCUT2D eigenvalue weighted by molar-refractivity contribution is -0.137. The van der Waals surface area contributed by atoms with Crippen LogP contribution in [0.25, 0.3) is 0 Å². The van der Waals surface area contributed by atoms with E-state index in [4.69, 9.17) is 4.42 Å². The van der Waals surface area contributed by atoms with Crippen molar-refractivity contribution in [2.24, 2.45) is 0 Å². The molecule has 132 valence electrons. The highest BCUT2D eigenvalue weighted by molar-refractivity contribution is 5.85. The summed E-state index contributed by atoms with van der Waals surface area (Å²) in [6, 6.07) is 14.0. The van der Waals surface area contributed by atoms with Crippen molar-refractivity contribution in [2.75, 3.05) is 19.6 Å². The van der Waals surface area contributed by atoms with Crippen LogP contribution >= 0.6 is 0 Å². The van der Waals surface area contributed by atoms with Crippen LogP contribution < -0.4 is 5.32 Å². The predicted octanol–water partition coefficient (Wildman–Crippen LogP) is 2.93. The van der Waals surface area contributed by atoms with Gasteiger partial charge in [-0.15, -0.1) is 0 Å². The van der Waals surface area contributed by atoms with Crippen molar-refractivity contribution in [1.82, 2.24) is 10.2 Å². The van der Waals surface area contributed by atoms with Crippen LogP contribution in [0.1, 0.15) is 42.9 Å². The molecule has 2 heterocycles. The van der Waals surface area contributed by atoms with Gasteiger partial charge in [-0.1, -0.05) is 30.3 Å². The number of nitrogens with zero attached hydrogens (tertiary/aromatic N) is 1. The van der Waals surface area contributed by atoms with Gasteiger partial charge in [0.15, 0.2) is 0 Å². The molecule has 3 rings (SSSR count). The zero-order valence-electron chi connectivity index (χ0n) is 14.3. The largest absolute Gasteiger partial charge is 0.469 e. The van der Waals surface area contributed by atoms with Crippen molar-refractivity contribution in [2.45, 2.75) is 31.6 Å². The average Bonchev–Trinajstić information content (AvgIpc) is 3.16. The van der Waals surface area contributed by atoms with Gasteiger partial charge >= 0.3 is 0 Å². The predicted molar refractivity (Wildman–Crippen MR) is 95.1 cm³/mol. The number of piperidine rings is 1. The Morgan fingerprint density at radius 2 is 2.00 bits per heavy atom. The third-order valence-electron chi connectivity index (χ3n) is 4.60. The Morgan fingerprint density at radius 3 is 2.72 bits per heavy atom. The van der Waals surface area contributed by atoms with Gasteiger partial charge in [-0.25, -0.2) is 0 Å². The number of furan rings is 1. The van der Waals surface area contributed by atoms with Crippen LogP contribution in [0, 0.1) is 0 Å². The number of hydrogen-bond donors (Lipinski definition) is 1. The first-order chi connectivity index (χ1) is 12.2. The number of likely N-dealkylation sites (tertiary alicyclic amines) is 1. The Labute approximate surface area is 148 Å². The van der Waals surface area contributed by atoms with Crippen molar-refractivity contribution in [3.05, 3.63) is 60.1 Å². The monoisotopic (exact) mass is 340 g/mol. The summed E-state index contributed by atoms with van der Waals surface area (Å²) in [5, 5.41) is 2.94. The molecule has 0 unspecified atom stereocenters. The lowest BCUT2D eigenvalue weighted by Crippen LogP contribution is -2.43. The maximum Gasteiger partial charge on any atom is 0.239 e. The number of nitrogens with one attached hydrogen (secondary N) is 1. The molecule has 1 aliphatic heterocycles. The molecule has 5 nitrogen and oxygen atoms in total. The van der Waals surface area contributed by atoms with E-state index in [9.17, 15) is 9.59 Å². The number of rotatable bonds is 7. The molecule has 5 heteroatoms. The minimum absolute atomic E-state index is 0.0825. The molecule has 1 saturated heterocycles. The van der Waals surface area contributed by atoms with E-state index in [-0.39, 0.29) is 24.3 Å². The van der Waals surface area contributed by atoms with Gasteiger partial charge < -0.3 is 14.6 Å². The zero-order valence-corrected chi connectivity index (χ0v) is 14.3. The second-order valence-electron chi connectivity index (χ2n) is 6.39. The Hall–Kier alpha value is -2.56. The fourth-order valence-corrected chi connectivity index (χ4v) is 3.26. The van der Waals surface area contributed by atoms with Crippen molar-refractivity contribution in [3.8, 4) is 0 Å². The lowest BCUT2D eigenvalue weighted by Gasteiger charge is -2.26. The van der Waals surface area contributed by atoms with Gasteiger partial charge in [-0.05, 0) is 37.0 Å². The van der Waals surface area contributed by atoms with E-state index in [2.05, 4.69) is 17.4 Å². The Balaban J connectivity index is 1.53. The SMILES string of the molecule is O=C(CN1CCCCC1=O)NCC[C@@H](c1ccccc1)c1ccco1. The molecule has 0 aliphatic carbocycles. The van der Waals surface area contributed by atoms with E-state index in [0.29, 0.717) is 19.5 Å². The van der Waals surface area contributed by atoms with Crippen LogP contribution in [-0.2, 0) is 9.59 Å². The highest BCUT2D eigenvalue weighted by Gasteiger charge is 2.21. The van der Waals surface area contributed by atoms with Crippen LogP contribution in [0.4, 0.5) is 0 Å². The molecule has 1 N–H and O–H groups in total. The molecule has 1 atom stereocenters. The van der Waals surface area contributed by atoms with Crippen molar-refractivity contribution in [3.63, 3.8) is 0 Å². The number of carbonyl (C=O) groups is 2. The normalized spacial score (nSPS) is 15.8. The molecule has 2 aromatic rings. The van der Waals surface area contributed by atoms with Gasteiger partial charge in [0, 0.05) is 25.4 Å². The third-order valence-corrected chi connectivity index (χ3v) is 4.60. The first kappa shape index (κ1) is 17.3. The van der Waals surface area contributed by atoms with Gasteiger partial charge in [0.05, 0.1) is 12.8 Å². The summed E-state index contributed by atoms with van der Waals surface area (Å²) in [5.41, 5.74) is 1.16. The maximum atomic E-state index is 12.1. The van der Waals surface area contributed by atoms with Crippen LogP contribution in [0.3, 0.4) is 0 Å². The van der Waals surface area contributed by atoms with Crippen molar-refractivity contribution < 1.29 is 14.0 Å². The Kier molecular flexibility index (Phi) is 5.88. The summed E-state index contributed by atoms with van der Waals surface area (Å²) in [4.78, 5) is 25.6. The van der Waals surface area contributed by atoms with Crippen molar-refractivity contribution in [1.29, 1.82) is 0 Å². The standard InChI is InChI=1S/C20H24N2O3/c23-19(15-22-13-5-4-10-20(22)24)21-12-11-17(18-9-6-14-25-18)16-7-2-1-3-8-16/h1-3,6-9,14,17H,4-5,10-13,15H2,(H,21,23)/t17-/m0/s1. The summed E-state index contributed by atoms with van der Waals surface area (Å²) < 4.78 is 5.58. The highest BCUT2D eigenvalue weighted by Crippen LogP contribution is 2.27. The van der Waals surface area contributed by atoms with Crippen LogP contribution in [0.15, 0.2) is 53.1 Å². The first-order valence-corrected chi connectivity index (χ1v) is 8.87. The van der Waals surface area contributed by atoms with E-state index >= 15 is 0 Å². The molecule has 1 fully saturated rings. The molecule has 0 radical (unpaired) electrons. The summed E-state index contributed by atoms with van der Waals surface area (Å²) in [6.45, 7) is 1.39. The van der Waals surface area contributed by atoms with E-state index in [0.717, 1.165) is 30.6 Å². The summed E-state index contributed by atoms with van der Waals surface area (Å²) in [6.07, 6.45) is 4.89. The number of hydrogen-bond acceptors (Lipinski definition) is 3. The van der Waals surface area contributed by atoms with Crippen molar-refractivity contribution >= 4 is 11.8 Å². The summed E-state index contributed by atoms with van der Waals surface area (Å²) in [5.74, 6) is 0.987. The smallest absolute Gasteiger partial charge is 0.239 e. The highest BCUT2D eigenvalue weighted by atomic mass is 16.3. The third kappa shape index (κ3) is 4.72. The minimum Gasteiger partial charge on any atom is -0.469 e. The van der Waals surface area contributed by atoms with Crippen LogP contribution in [0.5, 0.6) is 0 Å². The molecule has 1 aliphatic rings. The van der Waals surface area contributed by atoms with E-state index < -0.39 is 0 Å². The van der Waals surface area contributed by atoms with E-state index in [1.54, 1.807) is 11.2 Å². The molecular weight excluding hydrogens is 316 g/mol. The van der Waals surface area contributed by atoms with Gasteiger partial charge in [-0.2, -0.15) is 0 Å². The molecule has 0 bridgehead atoms. The molecule has 1 aromatic heterocycles. The topological polar surface area (TPSA) is 62.6 Å². The van der Waals surface area contributed by atoms with E-state index in [1.165, 1.54) is 0 Å². The second kappa shape index (κ2) is 8.51. The number of benzene rings is 1. The molecule has 0 saturated carbocycles. The fraction of sp³-hybridized carbons (Fsp3) is 0.400. The average molecular weight is 340 g/mol. The van der Waals surface area contributed by atoms with Crippen LogP contribution in [0.2, 0.25) is 0 Å². The van der Waals surface area contributed by atoms with Gasteiger partial charge in [0.1, 0.15) is 5.76 Å². The fourth-order valence-electron chi connectivity index (χ4n) is 3.26. The lowest BCUT2D eigenvalue weighted by atomic mass is 9.93. The zero-order chi connectivity index (χ0) is 17.5. The minimum atomic E-state index is -0.0958. The van der Waals surface area contributed by atoms with Crippen LogP contribution in [-0.4, -0.2) is 36.3 Å². The molecule has 1 aromatic carbocycles. The quantitative estimate of drug-likeness (QED) is 0.843. The second-order valence-corrected chi connectivity index (χ2v) is 6.39. The van der Waals surface area contributed by atoms with Gasteiger partial charge in [-0.3, -0.25) is 9.59 Å². The Bertz CT molecular complexity index is 682. The summed E-state index contributed by atoms with van der Waals surface area (Å²) >= 11 is 0. The maximum absolute atomic E-state index is 12.1. The molecule has 2 amide bonds. The molecule has 25 heavy (non-hydrogen) atoms. The van der Waals surface area contributed by atoms with E-state index in [1.807, 2.05) is 30.3 Å². The first-order valence-electron chi connectivity index (χ1n) is 8.87.